The van der Waals surface area contributed by atoms with Crippen LogP contribution >= 0.6 is 11.8 Å². The van der Waals surface area contributed by atoms with Crippen LogP contribution in [0.5, 0.6) is 0 Å². The van der Waals surface area contributed by atoms with Crippen LogP contribution in [0.3, 0.4) is 0 Å². The van der Waals surface area contributed by atoms with Crippen molar-refractivity contribution in [1.82, 2.24) is 15.5 Å². The highest BCUT2D eigenvalue weighted by molar-refractivity contribution is 7.98. The van der Waals surface area contributed by atoms with Crippen LogP contribution in [0.1, 0.15) is 95.4 Å². The van der Waals surface area contributed by atoms with Crippen molar-refractivity contribution >= 4 is 29.7 Å². The number of alkyl carbamates (subject to hydrolysis) is 1. The first-order valence-electron chi connectivity index (χ1n) is 15.2. The highest BCUT2D eigenvalue weighted by Crippen LogP contribution is 2.27. The molecule has 0 radical (unpaired) electrons. The SMILES string of the molecule is CCCCCCCCN(C(=O)C(CCSC)NC(=O)OC(C)(C)C)C(C(=O)NCc1ccccc1)c1ccccc1C. The monoisotopic (exact) mass is 597 g/mol. The normalized spacial score (nSPS) is 12.7. The Kier molecular flexibility index (Phi) is 15.5. The van der Waals surface area contributed by atoms with Crippen LogP contribution in [0.2, 0.25) is 0 Å². The number of nitrogens with zero attached hydrogens (tertiary/aromatic N) is 1. The zero-order valence-electron chi connectivity index (χ0n) is 26.4. The van der Waals surface area contributed by atoms with Gasteiger partial charge >= 0.3 is 6.09 Å². The molecular formula is C34H51N3O4S. The van der Waals surface area contributed by atoms with Gasteiger partial charge in [0.25, 0.3) is 0 Å². The standard InChI is InChI=1S/C34H51N3O4S/c1-7-8-9-10-11-17-23-37(32(39)29(22-24-42-6)36-33(40)41-34(3,4)5)30(28-21-16-15-18-26(28)2)31(38)35-25-27-19-13-12-14-20-27/h12-16,18-21,29-30H,7-11,17,22-25H2,1-6H3,(H,35,38)(H,36,40). The average Bonchev–Trinajstić information content (AvgIpc) is 2.95. The van der Waals surface area contributed by atoms with E-state index in [2.05, 4.69) is 17.6 Å². The van der Waals surface area contributed by atoms with Crippen molar-refractivity contribution < 1.29 is 19.1 Å². The summed E-state index contributed by atoms with van der Waals surface area (Å²) >= 11 is 1.61. The molecule has 2 unspecified atom stereocenters. The number of amides is 3. The van der Waals surface area contributed by atoms with E-state index < -0.39 is 23.8 Å². The van der Waals surface area contributed by atoms with Gasteiger partial charge in [-0.05, 0) is 69.2 Å². The van der Waals surface area contributed by atoms with Gasteiger partial charge in [0.2, 0.25) is 11.8 Å². The maximum atomic E-state index is 14.4. The summed E-state index contributed by atoms with van der Waals surface area (Å²) in [5.74, 6) is 0.159. The molecule has 2 aromatic rings. The predicted octanol–water partition coefficient (Wildman–Crippen LogP) is 7.19. The predicted molar refractivity (Wildman–Crippen MR) is 173 cm³/mol. The Morgan fingerprint density at radius 2 is 1.57 bits per heavy atom. The van der Waals surface area contributed by atoms with Crippen molar-refractivity contribution in [2.45, 2.75) is 104 Å². The Hall–Kier alpha value is -3.00. The van der Waals surface area contributed by atoms with Crippen LogP contribution in [0.25, 0.3) is 0 Å². The molecule has 0 aromatic heterocycles. The van der Waals surface area contributed by atoms with Gasteiger partial charge in [0, 0.05) is 13.1 Å². The number of carbonyl (C=O) groups excluding carboxylic acids is 3. The summed E-state index contributed by atoms with van der Waals surface area (Å²) < 4.78 is 5.51. The second-order valence-electron chi connectivity index (χ2n) is 11.7. The van der Waals surface area contributed by atoms with Crippen LogP contribution in [-0.2, 0) is 20.9 Å². The molecule has 0 aliphatic rings. The maximum Gasteiger partial charge on any atom is 0.408 e. The molecule has 2 atom stereocenters. The van der Waals surface area contributed by atoms with Crippen LogP contribution in [0.15, 0.2) is 54.6 Å². The first kappa shape index (κ1) is 35.2. The second kappa shape index (κ2) is 18.5. The highest BCUT2D eigenvalue weighted by atomic mass is 32.2. The second-order valence-corrected chi connectivity index (χ2v) is 12.7. The van der Waals surface area contributed by atoms with Gasteiger partial charge in [-0.25, -0.2) is 4.79 Å². The Bertz CT molecular complexity index is 1100. The van der Waals surface area contributed by atoms with Gasteiger partial charge in [-0.15, -0.1) is 0 Å². The zero-order valence-corrected chi connectivity index (χ0v) is 27.2. The van der Waals surface area contributed by atoms with E-state index in [4.69, 9.17) is 4.74 Å². The lowest BCUT2D eigenvalue weighted by molar-refractivity contribution is -0.142. The van der Waals surface area contributed by atoms with Gasteiger partial charge in [-0.3, -0.25) is 9.59 Å². The van der Waals surface area contributed by atoms with E-state index in [0.29, 0.717) is 25.3 Å². The van der Waals surface area contributed by atoms with Gasteiger partial charge in [-0.1, -0.05) is 93.6 Å². The molecule has 7 nitrogen and oxygen atoms in total. The Balaban J connectivity index is 2.44. The van der Waals surface area contributed by atoms with Crippen LogP contribution < -0.4 is 10.6 Å². The summed E-state index contributed by atoms with van der Waals surface area (Å²) in [7, 11) is 0. The van der Waals surface area contributed by atoms with Crippen LogP contribution in [0, 0.1) is 6.92 Å². The lowest BCUT2D eigenvalue weighted by Gasteiger charge is -2.35. The minimum atomic E-state index is -0.838. The van der Waals surface area contributed by atoms with Crippen molar-refractivity contribution in [2.24, 2.45) is 0 Å². The minimum Gasteiger partial charge on any atom is -0.444 e. The largest absolute Gasteiger partial charge is 0.444 e. The summed E-state index contributed by atoms with van der Waals surface area (Å²) in [6.07, 6.45) is 8.08. The molecule has 2 rings (SSSR count). The number of thioether (sulfide) groups is 1. The molecular weight excluding hydrogens is 546 g/mol. The number of nitrogens with one attached hydrogen (secondary N) is 2. The van der Waals surface area contributed by atoms with Crippen molar-refractivity contribution in [3.05, 3.63) is 71.3 Å². The summed E-state index contributed by atoms with van der Waals surface area (Å²) in [4.78, 5) is 42.9. The Morgan fingerprint density at radius 1 is 0.929 bits per heavy atom. The van der Waals surface area contributed by atoms with E-state index in [1.807, 2.05) is 67.8 Å². The molecule has 0 spiro atoms. The topological polar surface area (TPSA) is 87.7 Å². The molecule has 0 saturated carbocycles. The number of benzene rings is 2. The third-order valence-electron chi connectivity index (χ3n) is 6.99. The number of hydrogen-bond acceptors (Lipinski definition) is 5. The van der Waals surface area contributed by atoms with Gasteiger partial charge in [0.15, 0.2) is 0 Å². The number of rotatable bonds is 17. The van der Waals surface area contributed by atoms with Gasteiger partial charge < -0.3 is 20.3 Å². The Labute approximate surface area is 257 Å². The van der Waals surface area contributed by atoms with Crippen molar-refractivity contribution in [3.8, 4) is 0 Å². The molecule has 0 saturated heterocycles. The fourth-order valence-corrected chi connectivity index (χ4v) is 5.27. The molecule has 3 amide bonds. The molecule has 0 heterocycles. The number of ether oxygens (including phenoxy) is 1. The lowest BCUT2D eigenvalue weighted by Crippen LogP contribution is -2.53. The molecule has 42 heavy (non-hydrogen) atoms. The molecule has 0 bridgehead atoms. The fourth-order valence-electron chi connectivity index (χ4n) is 4.80. The van der Waals surface area contributed by atoms with Crippen molar-refractivity contribution in [1.29, 1.82) is 0 Å². The Morgan fingerprint density at radius 3 is 2.21 bits per heavy atom. The summed E-state index contributed by atoms with van der Waals surface area (Å²) in [5, 5.41) is 5.91. The maximum absolute atomic E-state index is 14.4. The molecule has 0 fully saturated rings. The van der Waals surface area contributed by atoms with E-state index in [-0.39, 0.29) is 11.8 Å². The number of unbranched alkanes of at least 4 members (excludes halogenated alkanes) is 5. The summed E-state index contributed by atoms with van der Waals surface area (Å²) in [5.41, 5.74) is 1.99. The van der Waals surface area contributed by atoms with Gasteiger partial charge in [0.1, 0.15) is 17.7 Å². The number of hydrogen-bond donors (Lipinski definition) is 2. The lowest BCUT2D eigenvalue weighted by atomic mass is 9.97. The summed E-state index contributed by atoms with van der Waals surface area (Å²) in [6, 6.07) is 15.8. The fraction of sp³-hybridized carbons (Fsp3) is 0.559. The summed E-state index contributed by atoms with van der Waals surface area (Å²) in [6.45, 7) is 10.3. The third-order valence-corrected chi connectivity index (χ3v) is 7.63. The van der Waals surface area contributed by atoms with E-state index >= 15 is 0 Å². The molecule has 0 aliphatic heterocycles. The van der Waals surface area contributed by atoms with Crippen LogP contribution in [0.4, 0.5) is 4.79 Å². The number of carbonyl (C=O) groups is 3. The minimum absolute atomic E-state index is 0.242. The zero-order chi connectivity index (χ0) is 31.0. The van der Waals surface area contributed by atoms with Gasteiger partial charge in [0.05, 0.1) is 0 Å². The van der Waals surface area contributed by atoms with Gasteiger partial charge in [-0.2, -0.15) is 11.8 Å². The van der Waals surface area contributed by atoms with Crippen LogP contribution in [-0.4, -0.2) is 53.0 Å². The van der Waals surface area contributed by atoms with E-state index in [9.17, 15) is 14.4 Å². The quantitative estimate of drug-likeness (QED) is 0.189. The smallest absolute Gasteiger partial charge is 0.408 e. The molecule has 2 N–H and O–H groups in total. The average molecular weight is 598 g/mol. The van der Waals surface area contributed by atoms with Crippen molar-refractivity contribution in [2.75, 3.05) is 18.6 Å². The van der Waals surface area contributed by atoms with E-state index in [1.54, 1.807) is 37.4 Å². The number of aryl methyl sites for hydroxylation is 1. The molecule has 8 heteroatoms. The third kappa shape index (κ3) is 12.5. The van der Waals surface area contributed by atoms with Crippen molar-refractivity contribution in [3.63, 3.8) is 0 Å². The van der Waals surface area contributed by atoms with E-state index in [0.717, 1.165) is 48.8 Å². The van der Waals surface area contributed by atoms with E-state index in [1.165, 1.54) is 6.42 Å². The first-order valence-corrected chi connectivity index (χ1v) is 16.6. The molecule has 2 aromatic carbocycles. The molecule has 0 aliphatic carbocycles. The first-order chi connectivity index (χ1) is 20.1. The highest BCUT2D eigenvalue weighted by Gasteiger charge is 2.36. The molecule has 232 valence electrons.